The Morgan fingerprint density at radius 1 is 1.20 bits per heavy atom. The summed E-state index contributed by atoms with van der Waals surface area (Å²) in [7, 11) is 1.86. The molecule has 5 heteroatoms. The molecule has 0 atom stereocenters. The molecule has 1 aromatic heterocycles. The number of amides is 2. The fourth-order valence-electron chi connectivity index (χ4n) is 1.90. The molecule has 2 N–H and O–H groups in total. The molecule has 0 bridgehead atoms. The molecule has 0 aliphatic heterocycles. The first kappa shape index (κ1) is 14.1. The molecule has 1 aromatic carbocycles. The van der Waals surface area contributed by atoms with E-state index in [0.717, 1.165) is 11.3 Å². The molecule has 0 saturated carbocycles. The van der Waals surface area contributed by atoms with E-state index in [2.05, 4.69) is 15.7 Å². The van der Waals surface area contributed by atoms with Crippen molar-refractivity contribution in [2.24, 2.45) is 7.05 Å². The van der Waals surface area contributed by atoms with E-state index < -0.39 is 0 Å². The number of carbonyl (C=O) groups excluding carboxylic acids is 1. The molecule has 2 amide bonds. The molecule has 0 aliphatic rings. The summed E-state index contributed by atoms with van der Waals surface area (Å²) in [5.74, 6) is 0.535. The predicted molar refractivity (Wildman–Crippen MR) is 80.6 cm³/mol. The minimum atomic E-state index is -0.277. The smallest absolute Gasteiger partial charge is 0.320 e. The topological polar surface area (TPSA) is 59.0 Å². The van der Waals surface area contributed by atoms with Crippen LogP contribution in [0.1, 0.15) is 20.8 Å². The van der Waals surface area contributed by atoms with Crippen molar-refractivity contribution in [1.82, 2.24) is 15.1 Å². The second kappa shape index (κ2) is 5.36. The molecule has 0 saturated heterocycles. The zero-order valence-corrected chi connectivity index (χ0v) is 12.3. The number of aromatic nitrogens is 2. The second-order valence-corrected chi connectivity index (χ2v) is 5.73. The molecule has 0 fully saturated rings. The molecule has 106 valence electrons. The van der Waals surface area contributed by atoms with Gasteiger partial charge in [-0.2, -0.15) is 5.10 Å². The summed E-state index contributed by atoms with van der Waals surface area (Å²) in [6, 6.07) is 11.5. The second-order valence-electron chi connectivity index (χ2n) is 5.73. The Morgan fingerprint density at radius 3 is 2.45 bits per heavy atom. The Labute approximate surface area is 119 Å². The van der Waals surface area contributed by atoms with Gasteiger partial charge in [0.15, 0.2) is 5.82 Å². The van der Waals surface area contributed by atoms with Crippen LogP contribution in [-0.2, 0) is 7.05 Å². The van der Waals surface area contributed by atoms with Gasteiger partial charge in [-0.1, -0.05) is 30.3 Å². The molecule has 0 unspecified atom stereocenters. The molecule has 2 aromatic rings. The fraction of sp³-hybridized carbons (Fsp3) is 0.333. The van der Waals surface area contributed by atoms with E-state index in [-0.39, 0.29) is 11.6 Å². The zero-order chi connectivity index (χ0) is 14.8. The average molecular weight is 272 g/mol. The van der Waals surface area contributed by atoms with Crippen LogP contribution >= 0.6 is 0 Å². The fourth-order valence-corrected chi connectivity index (χ4v) is 1.90. The maximum atomic E-state index is 11.8. The summed E-state index contributed by atoms with van der Waals surface area (Å²) in [6.07, 6.45) is 0. The quantitative estimate of drug-likeness (QED) is 0.883. The van der Waals surface area contributed by atoms with Gasteiger partial charge in [0.05, 0.1) is 5.69 Å². The number of nitrogens with zero attached hydrogens (tertiary/aromatic N) is 2. The van der Waals surface area contributed by atoms with Crippen molar-refractivity contribution in [3.63, 3.8) is 0 Å². The van der Waals surface area contributed by atoms with Crippen molar-refractivity contribution in [2.75, 3.05) is 5.32 Å². The summed E-state index contributed by atoms with van der Waals surface area (Å²) in [5, 5.41) is 9.89. The lowest BCUT2D eigenvalue weighted by Crippen LogP contribution is -2.43. The van der Waals surface area contributed by atoms with Crippen LogP contribution in [0.4, 0.5) is 10.6 Å². The highest BCUT2D eigenvalue weighted by molar-refractivity contribution is 5.89. The van der Waals surface area contributed by atoms with E-state index in [4.69, 9.17) is 0 Å². The first-order valence-corrected chi connectivity index (χ1v) is 6.54. The molecule has 0 spiro atoms. The van der Waals surface area contributed by atoms with Gasteiger partial charge in [-0.25, -0.2) is 4.79 Å². The van der Waals surface area contributed by atoms with Crippen LogP contribution in [0.25, 0.3) is 11.3 Å². The van der Waals surface area contributed by atoms with Crippen molar-refractivity contribution in [3.05, 3.63) is 36.4 Å². The Bertz CT molecular complexity index is 596. The Balaban J connectivity index is 2.14. The van der Waals surface area contributed by atoms with Crippen LogP contribution in [0.2, 0.25) is 0 Å². The number of hydrogen-bond donors (Lipinski definition) is 2. The monoisotopic (exact) mass is 272 g/mol. The Kier molecular flexibility index (Phi) is 3.79. The van der Waals surface area contributed by atoms with Gasteiger partial charge in [0, 0.05) is 18.7 Å². The third-order valence-electron chi connectivity index (χ3n) is 2.68. The normalized spacial score (nSPS) is 11.2. The summed E-state index contributed by atoms with van der Waals surface area (Å²) in [6.45, 7) is 5.79. The first-order chi connectivity index (χ1) is 9.35. The predicted octanol–water partition coefficient (Wildman–Crippen LogP) is 3.01. The molecular weight excluding hydrogens is 252 g/mol. The lowest BCUT2D eigenvalue weighted by atomic mass is 10.1. The Hall–Kier alpha value is -2.30. The first-order valence-electron chi connectivity index (χ1n) is 6.54. The van der Waals surface area contributed by atoms with E-state index in [1.54, 1.807) is 4.68 Å². The van der Waals surface area contributed by atoms with Crippen molar-refractivity contribution < 1.29 is 4.79 Å². The summed E-state index contributed by atoms with van der Waals surface area (Å²) in [4.78, 5) is 11.8. The van der Waals surface area contributed by atoms with Crippen molar-refractivity contribution in [2.45, 2.75) is 26.3 Å². The van der Waals surface area contributed by atoms with Crippen LogP contribution in [0.3, 0.4) is 0 Å². The number of urea groups is 1. The summed E-state index contributed by atoms with van der Waals surface area (Å²) in [5.41, 5.74) is 1.74. The number of carbonyl (C=O) groups is 1. The van der Waals surface area contributed by atoms with Crippen LogP contribution in [-0.4, -0.2) is 21.4 Å². The molecule has 5 nitrogen and oxygen atoms in total. The highest BCUT2D eigenvalue weighted by atomic mass is 16.2. The van der Waals surface area contributed by atoms with Gasteiger partial charge in [-0.3, -0.25) is 10.00 Å². The van der Waals surface area contributed by atoms with Gasteiger partial charge in [0.2, 0.25) is 0 Å². The molecular formula is C15H20N4O. The molecule has 20 heavy (non-hydrogen) atoms. The van der Waals surface area contributed by atoms with E-state index in [9.17, 15) is 4.79 Å². The number of rotatable bonds is 2. The zero-order valence-electron chi connectivity index (χ0n) is 12.3. The molecule has 1 heterocycles. The summed E-state index contributed by atoms with van der Waals surface area (Å²) < 4.78 is 1.75. The maximum Gasteiger partial charge on any atom is 0.320 e. The van der Waals surface area contributed by atoms with Crippen LogP contribution in [0.15, 0.2) is 36.4 Å². The highest BCUT2D eigenvalue weighted by Crippen LogP contribution is 2.21. The van der Waals surface area contributed by atoms with E-state index >= 15 is 0 Å². The third kappa shape index (κ3) is 3.60. The van der Waals surface area contributed by atoms with Crippen molar-refractivity contribution >= 4 is 11.8 Å². The van der Waals surface area contributed by atoms with Gasteiger partial charge in [0.1, 0.15) is 0 Å². The lowest BCUT2D eigenvalue weighted by Gasteiger charge is -2.20. The van der Waals surface area contributed by atoms with Crippen LogP contribution in [0, 0.1) is 0 Å². The largest absolute Gasteiger partial charge is 0.333 e. The summed E-state index contributed by atoms with van der Waals surface area (Å²) >= 11 is 0. The number of aryl methyl sites for hydroxylation is 1. The van der Waals surface area contributed by atoms with Crippen molar-refractivity contribution in [1.29, 1.82) is 0 Å². The van der Waals surface area contributed by atoms with Gasteiger partial charge in [-0.05, 0) is 26.3 Å². The minimum Gasteiger partial charge on any atom is -0.333 e. The van der Waals surface area contributed by atoms with Gasteiger partial charge in [0.25, 0.3) is 0 Å². The standard InChI is InChI=1S/C15H20N4O/c1-15(2,3)17-14(20)16-13-10-12(19(4)18-13)11-8-6-5-7-9-11/h5-10H,1-4H3,(H2,16,17,18,20). The molecule has 0 aliphatic carbocycles. The van der Waals surface area contributed by atoms with Crippen LogP contribution < -0.4 is 10.6 Å². The molecule has 2 rings (SSSR count). The Morgan fingerprint density at radius 2 is 1.85 bits per heavy atom. The number of benzene rings is 1. The van der Waals surface area contributed by atoms with Gasteiger partial charge < -0.3 is 5.32 Å². The molecule has 0 radical (unpaired) electrons. The minimum absolute atomic E-state index is 0.254. The highest BCUT2D eigenvalue weighted by Gasteiger charge is 2.15. The SMILES string of the molecule is Cn1nc(NC(=O)NC(C)(C)C)cc1-c1ccccc1. The van der Waals surface area contributed by atoms with Crippen LogP contribution in [0.5, 0.6) is 0 Å². The number of nitrogens with one attached hydrogen (secondary N) is 2. The van der Waals surface area contributed by atoms with Gasteiger partial charge in [-0.15, -0.1) is 0 Å². The van der Waals surface area contributed by atoms with E-state index in [1.807, 2.05) is 64.2 Å². The number of hydrogen-bond acceptors (Lipinski definition) is 2. The maximum absolute atomic E-state index is 11.8. The van der Waals surface area contributed by atoms with Gasteiger partial charge >= 0.3 is 6.03 Å². The van der Waals surface area contributed by atoms with E-state index in [1.165, 1.54) is 0 Å². The number of anilines is 1. The van der Waals surface area contributed by atoms with E-state index in [0.29, 0.717) is 5.82 Å². The lowest BCUT2D eigenvalue weighted by molar-refractivity contribution is 0.243. The average Bonchev–Trinajstić information content (AvgIpc) is 2.68. The van der Waals surface area contributed by atoms with Crippen molar-refractivity contribution in [3.8, 4) is 11.3 Å². The third-order valence-corrected chi connectivity index (χ3v) is 2.68.